The molecule has 0 radical (unpaired) electrons. The molecule has 0 saturated carbocycles. The summed E-state index contributed by atoms with van der Waals surface area (Å²) in [4.78, 5) is 29.1. The molecule has 0 atom stereocenters. The average molecular weight is 384 g/mol. The van der Waals surface area contributed by atoms with Crippen LogP contribution in [0.4, 0.5) is 0 Å². The third-order valence-electron chi connectivity index (χ3n) is 3.77. The highest BCUT2D eigenvalue weighted by Crippen LogP contribution is 2.31. The van der Waals surface area contributed by atoms with Crippen molar-refractivity contribution >= 4 is 32.9 Å². The minimum Gasteiger partial charge on any atom is -0.395 e. The lowest BCUT2D eigenvalue weighted by Gasteiger charge is -2.12. The number of benzene rings is 1. The molecule has 0 fully saturated rings. The first-order valence-electron chi connectivity index (χ1n) is 7.22. The second-order valence-corrected chi connectivity index (χ2v) is 7.95. The third-order valence-corrected chi connectivity index (χ3v) is 5.30. The van der Waals surface area contributed by atoms with Crippen LogP contribution in [-0.2, 0) is 21.7 Å². The van der Waals surface area contributed by atoms with Crippen LogP contribution in [0.15, 0.2) is 33.0 Å². The van der Waals surface area contributed by atoms with E-state index in [1.807, 2.05) is 0 Å². The van der Waals surface area contributed by atoms with Gasteiger partial charge in [0, 0.05) is 36.9 Å². The summed E-state index contributed by atoms with van der Waals surface area (Å²) in [5.41, 5.74) is 0.269. The largest absolute Gasteiger partial charge is 0.395 e. The van der Waals surface area contributed by atoms with Gasteiger partial charge in [-0.1, -0.05) is 16.8 Å². The predicted molar refractivity (Wildman–Crippen MR) is 91.1 cm³/mol. The Hall–Kier alpha value is -2.39. The number of ketones is 1. The summed E-state index contributed by atoms with van der Waals surface area (Å²) in [6, 6.07) is 3.79. The second kappa shape index (κ2) is 6.16. The van der Waals surface area contributed by atoms with E-state index in [2.05, 4.69) is 10.3 Å². The van der Waals surface area contributed by atoms with E-state index in [1.165, 1.54) is 19.2 Å². The van der Waals surface area contributed by atoms with Crippen LogP contribution in [0.5, 0.6) is 0 Å². The second-order valence-electron chi connectivity index (χ2n) is 5.59. The van der Waals surface area contributed by atoms with Crippen LogP contribution in [0.3, 0.4) is 0 Å². The number of oxime groups is 1. The van der Waals surface area contributed by atoms with Crippen molar-refractivity contribution in [2.75, 3.05) is 12.9 Å². The number of sulfone groups is 1. The van der Waals surface area contributed by atoms with E-state index in [0.29, 0.717) is 18.7 Å². The van der Waals surface area contributed by atoms with Crippen LogP contribution in [0.1, 0.15) is 28.0 Å². The van der Waals surface area contributed by atoms with Crippen molar-refractivity contribution in [2.24, 2.45) is 12.2 Å². The minimum atomic E-state index is -3.60. The van der Waals surface area contributed by atoms with Crippen molar-refractivity contribution < 1.29 is 18.0 Å². The standard InChI is InChI=1S/C15H14ClN3O5S/c1-19-12(20)7-10(17-19)15(21)8-3-4-11(25(2,22)23)13(14(8)16)9-5-6-24-18-9/h3-4,7,17H,5-6H2,1-2H3. The van der Waals surface area contributed by atoms with Crippen LogP contribution >= 0.6 is 11.6 Å². The van der Waals surface area contributed by atoms with Gasteiger partial charge in [0.15, 0.2) is 9.84 Å². The van der Waals surface area contributed by atoms with Crippen molar-refractivity contribution in [1.29, 1.82) is 0 Å². The first-order valence-corrected chi connectivity index (χ1v) is 9.49. The number of nitrogens with zero attached hydrogens (tertiary/aromatic N) is 2. The zero-order valence-electron chi connectivity index (χ0n) is 13.4. The lowest BCUT2D eigenvalue weighted by molar-refractivity contribution is 0.103. The quantitative estimate of drug-likeness (QED) is 0.795. The Labute approximate surface area is 147 Å². The van der Waals surface area contributed by atoms with Gasteiger partial charge in [0.05, 0.1) is 15.6 Å². The van der Waals surface area contributed by atoms with Crippen LogP contribution < -0.4 is 5.56 Å². The van der Waals surface area contributed by atoms with E-state index >= 15 is 0 Å². The number of halogens is 1. The number of carbonyl (C=O) groups is 1. The number of H-pyrrole nitrogens is 1. The molecule has 1 aromatic carbocycles. The van der Waals surface area contributed by atoms with Gasteiger partial charge in [-0.2, -0.15) is 0 Å². The molecule has 0 saturated heterocycles. The maximum Gasteiger partial charge on any atom is 0.266 e. The van der Waals surface area contributed by atoms with E-state index in [-0.39, 0.29) is 32.3 Å². The molecule has 132 valence electrons. The maximum absolute atomic E-state index is 12.7. The summed E-state index contributed by atoms with van der Waals surface area (Å²) in [6.07, 6.45) is 1.43. The molecule has 1 aliphatic rings. The molecule has 2 aromatic rings. The molecule has 0 bridgehead atoms. The third kappa shape index (κ3) is 3.12. The Bertz CT molecular complexity index is 1070. The molecule has 1 aromatic heterocycles. The Kier molecular flexibility index (Phi) is 4.29. The number of aryl methyl sites for hydroxylation is 1. The normalized spacial score (nSPS) is 14.3. The van der Waals surface area contributed by atoms with Gasteiger partial charge >= 0.3 is 0 Å². The molecule has 1 N–H and O–H groups in total. The predicted octanol–water partition coefficient (Wildman–Crippen LogP) is 1.13. The van der Waals surface area contributed by atoms with Crippen molar-refractivity contribution in [1.82, 2.24) is 9.78 Å². The molecule has 2 heterocycles. The molecular formula is C15H14ClN3O5S. The SMILES string of the molecule is Cn1[nH]c(C(=O)c2ccc(S(C)(=O)=O)c(C3=NOCC3)c2Cl)cc1=O. The Morgan fingerprint density at radius 3 is 2.64 bits per heavy atom. The molecule has 10 heteroatoms. The summed E-state index contributed by atoms with van der Waals surface area (Å²) in [5, 5.41) is 6.41. The van der Waals surface area contributed by atoms with Gasteiger partial charge in [0.1, 0.15) is 12.3 Å². The lowest BCUT2D eigenvalue weighted by Crippen LogP contribution is -2.13. The van der Waals surface area contributed by atoms with Gasteiger partial charge in [-0.15, -0.1) is 0 Å². The topological polar surface area (TPSA) is 111 Å². The van der Waals surface area contributed by atoms with Crippen molar-refractivity contribution in [3.8, 4) is 0 Å². The molecule has 3 rings (SSSR count). The first kappa shape index (κ1) is 17.4. The van der Waals surface area contributed by atoms with E-state index < -0.39 is 15.6 Å². The van der Waals surface area contributed by atoms with E-state index in [4.69, 9.17) is 16.4 Å². The number of carbonyl (C=O) groups excluding carboxylic acids is 1. The van der Waals surface area contributed by atoms with Gasteiger partial charge in [0.2, 0.25) is 5.78 Å². The molecule has 8 nitrogen and oxygen atoms in total. The zero-order valence-corrected chi connectivity index (χ0v) is 14.9. The van der Waals surface area contributed by atoms with E-state index in [9.17, 15) is 18.0 Å². The minimum absolute atomic E-state index is 0.0279. The van der Waals surface area contributed by atoms with Crippen LogP contribution in [0, 0.1) is 0 Å². The van der Waals surface area contributed by atoms with Crippen molar-refractivity contribution in [2.45, 2.75) is 11.3 Å². The van der Waals surface area contributed by atoms with Gasteiger partial charge in [-0.25, -0.2) is 8.42 Å². The summed E-state index contributed by atoms with van der Waals surface area (Å²) in [6.45, 7) is 0.305. The number of aromatic nitrogens is 2. The zero-order chi connectivity index (χ0) is 18.4. The monoisotopic (exact) mass is 383 g/mol. The Balaban J connectivity index is 2.21. The highest BCUT2D eigenvalue weighted by molar-refractivity contribution is 7.90. The number of hydrogen-bond acceptors (Lipinski definition) is 6. The van der Waals surface area contributed by atoms with Gasteiger partial charge < -0.3 is 4.84 Å². The fourth-order valence-corrected chi connectivity index (χ4v) is 3.87. The van der Waals surface area contributed by atoms with Gasteiger partial charge in [0.25, 0.3) is 5.56 Å². The van der Waals surface area contributed by atoms with Crippen molar-refractivity contribution in [3.63, 3.8) is 0 Å². The highest BCUT2D eigenvalue weighted by Gasteiger charge is 2.27. The average Bonchev–Trinajstić information content (AvgIpc) is 3.16. The lowest BCUT2D eigenvalue weighted by atomic mass is 10.0. The molecule has 1 aliphatic heterocycles. The van der Waals surface area contributed by atoms with Crippen LogP contribution in [0.2, 0.25) is 5.02 Å². The molecule has 0 unspecified atom stereocenters. The molecular weight excluding hydrogens is 370 g/mol. The number of rotatable bonds is 4. The van der Waals surface area contributed by atoms with E-state index in [1.54, 1.807) is 0 Å². The summed E-state index contributed by atoms with van der Waals surface area (Å²) in [7, 11) is -2.12. The first-order chi connectivity index (χ1) is 11.7. The van der Waals surface area contributed by atoms with Crippen LogP contribution in [-0.4, -0.2) is 42.6 Å². The molecule has 0 amide bonds. The Morgan fingerprint density at radius 2 is 2.12 bits per heavy atom. The van der Waals surface area contributed by atoms with Crippen molar-refractivity contribution in [3.05, 3.63) is 50.4 Å². The fourth-order valence-electron chi connectivity index (χ4n) is 2.54. The molecule has 25 heavy (non-hydrogen) atoms. The van der Waals surface area contributed by atoms with Crippen LogP contribution in [0.25, 0.3) is 0 Å². The number of aromatic amines is 1. The molecule has 0 aliphatic carbocycles. The molecule has 0 spiro atoms. The van der Waals surface area contributed by atoms with Gasteiger partial charge in [-0.3, -0.25) is 19.4 Å². The fraction of sp³-hybridized carbons (Fsp3) is 0.267. The Morgan fingerprint density at radius 1 is 1.40 bits per heavy atom. The summed E-state index contributed by atoms with van der Waals surface area (Å²) < 4.78 is 25.3. The van der Waals surface area contributed by atoms with Gasteiger partial charge in [-0.05, 0) is 12.1 Å². The summed E-state index contributed by atoms with van der Waals surface area (Å²) >= 11 is 6.37. The smallest absolute Gasteiger partial charge is 0.266 e. The number of hydrogen-bond donors (Lipinski definition) is 1. The highest BCUT2D eigenvalue weighted by atomic mass is 35.5. The maximum atomic E-state index is 12.7. The summed E-state index contributed by atoms with van der Waals surface area (Å²) in [5.74, 6) is -0.525. The number of nitrogens with one attached hydrogen (secondary N) is 1. The van der Waals surface area contributed by atoms with E-state index in [0.717, 1.165) is 17.0 Å².